The van der Waals surface area contributed by atoms with Crippen LogP contribution in [-0.2, 0) is 10.0 Å². The van der Waals surface area contributed by atoms with Crippen molar-refractivity contribution in [3.63, 3.8) is 0 Å². The van der Waals surface area contributed by atoms with Crippen LogP contribution < -0.4 is 5.73 Å². The van der Waals surface area contributed by atoms with Crippen LogP contribution in [0.4, 0.5) is 5.69 Å². The molecule has 1 heterocycles. The van der Waals surface area contributed by atoms with Gasteiger partial charge in [0.1, 0.15) is 4.90 Å². The fraction of sp³-hybridized carbons (Fsp3) is 0.400. The van der Waals surface area contributed by atoms with E-state index in [2.05, 4.69) is 4.98 Å². The molecule has 0 atom stereocenters. The molecule has 1 aromatic heterocycles. The van der Waals surface area contributed by atoms with Gasteiger partial charge in [-0.15, -0.1) is 0 Å². The molecule has 5 nitrogen and oxygen atoms in total. The fourth-order valence-corrected chi connectivity index (χ4v) is 4.17. The Morgan fingerprint density at radius 3 is 2.76 bits per heavy atom. The van der Waals surface area contributed by atoms with Gasteiger partial charge in [0.05, 0.1) is 5.52 Å². The number of aromatic nitrogens is 1. The second-order valence-electron chi connectivity index (χ2n) is 5.45. The maximum atomic E-state index is 12.9. The van der Waals surface area contributed by atoms with Gasteiger partial charge in [-0.25, -0.2) is 8.42 Å². The SMILES string of the molecule is CCN(CC1CC1)S(=O)(=O)c1ccc(N)c2cccnc12. The summed E-state index contributed by atoms with van der Waals surface area (Å²) >= 11 is 0. The topological polar surface area (TPSA) is 76.3 Å². The van der Waals surface area contributed by atoms with Gasteiger partial charge in [-0.2, -0.15) is 4.31 Å². The Morgan fingerprint density at radius 1 is 1.33 bits per heavy atom. The Bertz CT molecular complexity index is 770. The Balaban J connectivity index is 2.11. The number of pyridine rings is 1. The minimum Gasteiger partial charge on any atom is -0.398 e. The third kappa shape index (κ3) is 2.61. The number of benzene rings is 1. The van der Waals surface area contributed by atoms with E-state index in [-0.39, 0.29) is 4.90 Å². The smallest absolute Gasteiger partial charge is 0.245 e. The van der Waals surface area contributed by atoms with Crippen molar-refractivity contribution in [3.8, 4) is 0 Å². The first-order chi connectivity index (χ1) is 10.0. The van der Waals surface area contributed by atoms with Gasteiger partial charge in [0, 0.05) is 30.4 Å². The first kappa shape index (κ1) is 14.3. The van der Waals surface area contributed by atoms with Gasteiger partial charge in [-0.1, -0.05) is 6.92 Å². The maximum absolute atomic E-state index is 12.9. The number of nitrogens with zero attached hydrogens (tertiary/aromatic N) is 2. The van der Waals surface area contributed by atoms with E-state index < -0.39 is 10.0 Å². The van der Waals surface area contributed by atoms with Gasteiger partial charge in [-0.3, -0.25) is 4.98 Å². The summed E-state index contributed by atoms with van der Waals surface area (Å²) in [6.45, 7) is 2.93. The highest BCUT2D eigenvalue weighted by Gasteiger charge is 2.32. The van der Waals surface area contributed by atoms with Crippen molar-refractivity contribution in [2.75, 3.05) is 18.8 Å². The number of nitrogens with two attached hydrogens (primary N) is 1. The number of sulfonamides is 1. The number of anilines is 1. The second-order valence-corrected chi connectivity index (χ2v) is 7.36. The predicted octanol–water partition coefficient (Wildman–Crippen LogP) is 2.24. The lowest BCUT2D eigenvalue weighted by Crippen LogP contribution is -2.33. The molecule has 0 saturated heterocycles. The molecule has 1 aromatic carbocycles. The van der Waals surface area contributed by atoms with E-state index in [4.69, 9.17) is 5.73 Å². The zero-order valence-corrected chi connectivity index (χ0v) is 12.8. The molecule has 0 spiro atoms. The van der Waals surface area contributed by atoms with E-state index >= 15 is 0 Å². The number of fused-ring (bicyclic) bond motifs is 1. The van der Waals surface area contributed by atoms with E-state index in [1.54, 1.807) is 34.8 Å². The number of hydrogen-bond donors (Lipinski definition) is 1. The fourth-order valence-electron chi connectivity index (χ4n) is 2.50. The van der Waals surface area contributed by atoms with Crippen LogP contribution in [0.1, 0.15) is 19.8 Å². The summed E-state index contributed by atoms with van der Waals surface area (Å²) in [6, 6.07) is 6.77. The molecule has 1 saturated carbocycles. The summed E-state index contributed by atoms with van der Waals surface area (Å²) in [5.74, 6) is 0.507. The second kappa shape index (κ2) is 5.27. The third-order valence-electron chi connectivity index (χ3n) is 3.90. The quantitative estimate of drug-likeness (QED) is 0.859. The summed E-state index contributed by atoms with van der Waals surface area (Å²) in [4.78, 5) is 4.48. The van der Waals surface area contributed by atoms with E-state index in [0.29, 0.717) is 35.6 Å². The molecule has 1 aliphatic rings. The average molecular weight is 305 g/mol. The van der Waals surface area contributed by atoms with Crippen LogP contribution >= 0.6 is 0 Å². The van der Waals surface area contributed by atoms with Crippen molar-refractivity contribution >= 4 is 26.6 Å². The van der Waals surface area contributed by atoms with Gasteiger partial charge in [0.15, 0.2) is 0 Å². The Kier molecular flexibility index (Phi) is 3.59. The molecule has 0 bridgehead atoms. The largest absolute Gasteiger partial charge is 0.398 e. The molecule has 1 aliphatic carbocycles. The summed E-state index contributed by atoms with van der Waals surface area (Å²) in [7, 11) is -3.53. The standard InChI is InChI=1S/C15H19N3O2S/c1-2-18(10-11-5-6-11)21(19,20)14-8-7-13(16)12-4-3-9-17-15(12)14/h3-4,7-9,11H,2,5-6,10,16H2,1H3. The molecule has 112 valence electrons. The highest BCUT2D eigenvalue weighted by molar-refractivity contribution is 7.89. The summed E-state index contributed by atoms with van der Waals surface area (Å²) in [5, 5.41) is 0.682. The molecular formula is C15H19N3O2S. The van der Waals surface area contributed by atoms with Gasteiger partial charge in [0.2, 0.25) is 10.0 Å². The van der Waals surface area contributed by atoms with Crippen LogP contribution in [0, 0.1) is 5.92 Å². The van der Waals surface area contributed by atoms with Crippen molar-refractivity contribution in [2.45, 2.75) is 24.7 Å². The molecule has 0 aliphatic heterocycles. The summed E-state index contributed by atoms with van der Waals surface area (Å²) in [5.41, 5.74) is 6.91. The van der Waals surface area contributed by atoms with Gasteiger partial charge in [0.25, 0.3) is 0 Å². The lowest BCUT2D eigenvalue weighted by atomic mass is 10.2. The molecule has 1 fully saturated rings. The third-order valence-corrected chi connectivity index (χ3v) is 5.87. The molecule has 6 heteroatoms. The van der Waals surface area contributed by atoms with E-state index in [0.717, 1.165) is 12.8 Å². The van der Waals surface area contributed by atoms with Crippen LogP contribution in [-0.4, -0.2) is 30.8 Å². The monoisotopic (exact) mass is 305 g/mol. The Morgan fingerprint density at radius 2 is 2.10 bits per heavy atom. The van der Waals surface area contributed by atoms with Crippen molar-refractivity contribution in [1.29, 1.82) is 0 Å². The zero-order valence-electron chi connectivity index (χ0n) is 12.0. The minimum atomic E-state index is -3.53. The van der Waals surface area contributed by atoms with Crippen molar-refractivity contribution in [1.82, 2.24) is 9.29 Å². The minimum absolute atomic E-state index is 0.245. The van der Waals surface area contributed by atoms with Crippen LogP contribution in [0.3, 0.4) is 0 Å². The normalized spacial score (nSPS) is 15.7. The highest BCUT2D eigenvalue weighted by Crippen LogP contribution is 2.33. The predicted molar refractivity (Wildman–Crippen MR) is 83.3 cm³/mol. The van der Waals surface area contributed by atoms with Crippen LogP contribution in [0.5, 0.6) is 0 Å². The number of nitrogen functional groups attached to an aromatic ring is 1. The molecule has 0 radical (unpaired) electrons. The number of hydrogen-bond acceptors (Lipinski definition) is 4. The van der Waals surface area contributed by atoms with Gasteiger partial charge in [-0.05, 0) is 43.0 Å². The van der Waals surface area contributed by atoms with Crippen LogP contribution in [0.2, 0.25) is 0 Å². The Hall–Kier alpha value is -1.66. The first-order valence-corrected chi connectivity index (χ1v) is 8.61. The van der Waals surface area contributed by atoms with Crippen molar-refractivity contribution in [2.24, 2.45) is 5.92 Å². The van der Waals surface area contributed by atoms with Gasteiger partial charge >= 0.3 is 0 Å². The highest BCUT2D eigenvalue weighted by atomic mass is 32.2. The molecule has 0 amide bonds. The zero-order chi connectivity index (χ0) is 15.0. The van der Waals surface area contributed by atoms with E-state index in [9.17, 15) is 8.42 Å². The van der Waals surface area contributed by atoms with E-state index in [1.165, 1.54) is 0 Å². The molecule has 3 rings (SSSR count). The Labute approximate surface area is 124 Å². The van der Waals surface area contributed by atoms with Crippen LogP contribution in [0.25, 0.3) is 10.9 Å². The number of rotatable bonds is 5. The molecule has 2 N–H and O–H groups in total. The molecular weight excluding hydrogens is 286 g/mol. The first-order valence-electron chi connectivity index (χ1n) is 7.17. The molecule has 2 aromatic rings. The van der Waals surface area contributed by atoms with Gasteiger partial charge < -0.3 is 5.73 Å². The van der Waals surface area contributed by atoms with Crippen molar-refractivity contribution in [3.05, 3.63) is 30.5 Å². The lowest BCUT2D eigenvalue weighted by molar-refractivity contribution is 0.412. The van der Waals surface area contributed by atoms with Crippen LogP contribution in [0.15, 0.2) is 35.4 Å². The van der Waals surface area contributed by atoms with E-state index in [1.807, 2.05) is 6.92 Å². The summed E-state index contributed by atoms with van der Waals surface area (Å²) < 4.78 is 27.3. The summed E-state index contributed by atoms with van der Waals surface area (Å²) in [6.07, 6.45) is 3.83. The lowest BCUT2D eigenvalue weighted by Gasteiger charge is -2.21. The molecule has 0 unspecified atom stereocenters. The van der Waals surface area contributed by atoms with Crippen molar-refractivity contribution < 1.29 is 8.42 Å². The molecule has 21 heavy (non-hydrogen) atoms. The maximum Gasteiger partial charge on any atom is 0.245 e. The average Bonchev–Trinajstić information content (AvgIpc) is 3.29.